The van der Waals surface area contributed by atoms with Crippen LogP contribution in [0.25, 0.3) is 0 Å². The van der Waals surface area contributed by atoms with E-state index in [9.17, 15) is 9.90 Å². The summed E-state index contributed by atoms with van der Waals surface area (Å²) in [6, 6.07) is 0. The van der Waals surface area contributed by atoms with Crippen molar-refractivity contribution in [2.45, 2.75) is 112 Å². The van der Waals surface area contributed by atoms with Crippen LogP contribution in [0.2, 0.25) is 0 Å². The molecule has 0 aliphatic heterocycles. The zero-order chi connectivity index (χ0) is 22.6. The fourth-order valence-corrected chi connectivity index (χ4v) is 9.27. The van der Waals surface area contributed by atoms with E-state index in [0.717, 1.165) is 48.0 Å². The van der Waals surface area contributed by atoms with Gasteiger partial charge in [0, 0.05) is 6.42 Å². The summed E-state index contributed by atoms with van der Waals surface area (Å²) in [5.74, 6) is 5.62. The molecule has 3 fully saturated rings. The van der Waals surface area contributed by atoms with Gasteiger partial charge in [-0.25, -0.2) is 0 Å². The average molecular weight is 429 g/mol. The van der Waals surface area contributed by atoms with Gasteiger partial charge in [-0.15, -0.1) is 0 Å². The van der Waals surface area contributed by atoms with Crippen LogP contribution in [-0.4, -0.2) is 17.0 Å². The van der Waals surface area contributed by atoms with Crippen LogP contribution in [0, 0.1) is 52.3 Å². The molecule has 0 amide bonds. The molecule has 0 spiro atoms. The quantitative estimate of drug-likeness (QED) is 0.485. The maximum atomic E-state index is 12.1. The first-order valence-corrected chi connectivity index (χ1v) is 13.5. The van der Waals surface area contributed by atoms with E-state index in [1.54, 1.807) is 0 Å². The Balaban J connectivity index is 1.51. The van der Waals surface area contributed by atoms with Gasteiger partial charge in [0.2, 0.25) is 0 Å². The predicted octanol–water partition coefficient (Wildman–Crippen LogP) is 7.20. The van der Waals surface area contributed by atoms with Crippen LogP contribution in [0.15, 0.2) is 11.6 Å². The number of aliphatic hydroxyl groups excluding tert-OH is 1. The molecular formula is C29H48O2. The second-order valence-corrected chi connectivity index (χ2v) is 12.8. The molecule has 0 radical (unpaired) electrons. The molecule has 1 unspecified atom stereocenters. The largest absolute Gasteiger partial charge is 0.389 e. The van der Waals surface area contributed by atoms with Gasteiger partial charge in [-0.05, 0) is 109 Å². The maximum Gasteiger partial charge on any atom is 0.155 e. The van der Waals surface area contributed by atoms with Crippen LogP contribution >= 0.6 is 0 Å². The highest BCUT2D eigenvalue weighted by Gasteiger charge is 2.60. The minimum Gasteiger partial charge on any atom is -0.389 e. The van der Waals surface area contributed by atoms with Crippen LogP contribution in [0.5, 0.6) is 0 Å². The zero-order valence-electron chi connectivity index (χ0n) is 21.1. The molecule has 4 rings (SSSR count). The van der Waals surface area contributed by atoms with E-state index in [1.807, 2.05) is 6.08 Å². The maximum absolute atomic E-state index is 12.1. The predicted molar refractivity (Wildman–Crippen MR) is 129 cm³/mol. The minimum atomic E-state index is -0.398. The molecular weight excluding hydrogens is 380 g/mol. The monoisotopic (exact) mass is 428 g/mol. The summed E-state index contributed by atoms with van der Waals surface area (Å²) in [6.45, 7) is 14.7. The molecule has 9 atom stereocenters. The van der Waals surface area contributed by atoms with Crippen LogP contribution in [0.1, 0.15) is 106 Å². The first-order chi connectivity index (χ1) is 14.6. The van der Waals surface area contributed by atoms with Gasteiger partial charge in [-0.1, -0.05) is 54.4 Å². The number of aliphatic hydroxyl groups is 1. The molecule has 31 heavy (non-hydrogen) atoms. The molecule has 0 heterocycles. The van der Waals surface area contributed by atoms with Crippen molar-refractivity contribution in [3.05, 3.63) is 11.6 Å². The van der Waals surface area contributed by atoms with Gasteiger partial charge < -0.3 is 5.11 Å². The first-order valence-electron chi connectivity index (χ1n) is 13.5. The number of hydrogen-bond donors (Lipinski definition) is 1. The SMILES string of the molecule is CC[C@H](CC[C@@H](C)[C@H]1CC[C@H]2[C@@H]3CC(O)C4=CC(=O)CC[C@]4(C)[C@@H]3CC[C@]12C)C(C)C. The second kappa shape index (κ2) is 8.62. The van der Waals surface area contributed by atoms with Gasteiger partial charge in [0.25, 0.3) is 0 Å². The van der Waals surface area contributed by atoms with Crippen molar-refractivity contribution < 1.29 is 9.90 Å². The van der Waals surface area contributed by atoms with Gasteiger partial charge in [-0.2, -0.15) is 0 Å². The van der Waals surface area contributed by atoms with Crippen LogP contribution in [0.3, 0.4) is 0 Å². The number of fused-ring (bicyclic) bond motifs is 5. The Bertz CT molecular complexity index is 708. The molecule has 2 heteroatoms. The van der Waals surface area contributed by atoms with Crippen LogP contribution in [-0.2, 0) is 4.79 Å². The summed E-state index contributed by atoms with van der Waals surface area (Å²) in [6.07, 6.45) is 13.4. The van der Waals surface area contributed by atoms with E-state index < -0.39 is 6.10 Å². The van der Waals surface area contributed by atoms with Gasteiger partial charge in [0.05, 0.1) is 6.10 Å². The highest BCUT2D eigenvalue weighted by molar-refractivity contribution is 5.91. The van der Waals surface area contributed by atoms with Crippen molar-refractivity contribution >= 4 is 5.78 Å². The van der Waals surface area contributed by atoms with Crippen molar-refractivity contribution in [2.24, 2.45) is 52.3 Å². The van der Waals surface area contributed by atoms with E-state index in [2.05, 4.69) is 41.5 Å². The highest BCUT2D eigenvalue weighted by Crippen LogP contribution is 2.67. The second-order valence-electron chi connectivity index (χ2n) is 12.8. The fraction of sp³-hybridized carbons (Fsp3) is 0.897. The number of carbonyl (C=O) groups excluding carboxylic acids is 1. The number of ketones is 1. The molecule has 0 aromatic rings. The Morgan fingerprint density at radius 3 is 2.48 bits per heavy atom. The molecule has 0 aromatic carbocycles. The zero-order valence-corrected chi connectivity index (χ0v) is 21.1. The lowest BCUT2D eigenvalue weighted by Gasteiger charge is -2.59. The highest BCUT2D eigenvalue weighted by atomic mass is 16.3. The first kappa shape index (κ1) is 23.5. The van der Waals surface area contributed by atoms with Crippen LogP contribution < -0.4 is 0 Å². The summed E-state index contributed by atoms with van der Waals surface area (Å²) in [7, 11) is 0. The molecule has 4 aliphatic rings. The topological polar surface area (TPSA) is 37.3 Å². The van der Waals surface area contributed by atoms with E-state index in [0.29, 0.717) is 23.7 Å². The lowest BCUT2D eigenvalue weighted by atomic mass is 9.46. The summed E-state index contributed by atoms with van der Waals surface area (Å²) >= 11 is 0. The third kappa shape index (κ3) is 3.87. The van der Waals surface area contributed by atoms with E-state index in [1.165, 1.54) is 44.9 Å². The number of carbonyl (C=O) groups is 1. The molecule has 4 aliphatic carbocycles. The molecule has 176 valence electrons. The van der Waals surface area contributed by atoms with Crippen molar-refractivity contribution in [3.63, 3.8) is 0 Å². The molecule has 1 N–H and O–H groups in total. The van der Waals surface area contributed by atoms with Gasteiger partial charge in [0.1, 0.15) is 0 Å². The third-order valence-electron chi connectivity index (χ3n) is 11.2. The Morgan fingerprint density at radius 1 is 1.06 bits per heavy atom. The van der Waals surface area contributed by atoms with E-state index in [4.69, 9.17) is 0 Å². The van der Waals surface area contributed by atoms with Crippen LogP contribution in [0.4, 0.5) is 0 Å². The molecule has 3 saturated carbocycles. The number of rotatable bonds is 6. The van der Waals surface area contributed by atoms with Crippen molar-refractivity contribution in [2.75, 3.05) is 0 Å². The van der Waals surface area contributed by atoms with Gasteiger partial charge in [0.15, 0.2) is 5.78 Å². The Kier molecular flexibility index (Phi) is 6.54. The summed E-state index contributed by atoms with van der Waals surface area (Å²) in [5.41, 5.74) is 1.57. The minimum absolute atomic E-state index is 0.0485. The summed E-state index contributed by atoms with van der Waals surface area (Å²) in [4.78, 5) is 12.1. The number of hydrogen-bond acceptors (Lipinski definition) is 2. The smallest absolute Gasteiger partial charge is 0.155 e. The van der Waals surface area contributed by atoms with Crippen molar-refractivity contribution in [1.29, 1.82) is 0 Å². The standard InChI is InChI=1S/C29H48O2/c1-7-20(18(2)3)9-8-19(4)23-10-11-24-22-17-27(31)26-16-21(30)12-14-29(26,6)25(22)13-15-28(23,24)5/h16,18-20,22-25,27,31H,7-15,17H2,1-6H3/t19-,20-,22+,23-,24+,25-,27?,28-,29-/m1/s1. The Morgan fingerprint density at radius 2 is 1.81 bits per heavy atom. The van der Waals surface area contributed by atoms with Crippen molar-refractivity contribution in [1.82, 2.24) is 0 Å². The fourth-order valence-electron chi connectivity index (χ4n) is 9.27. The normalized spacial score (nSPS) is 44.3. The molecule has 0 bridgehead atoms. The summed E-state index contributed by atoms with van der Waals surface area (Å²) < 4.78 is 0. The Hall–Kier alpha value is -0.630. The average Bonchev–Trinajstić information content (AvgIpc) is 3.07. The van der Waals surface area contributed by atoms with E-state index >= 15 is 0 Å². The van der Waals surface area contributed by atoms with Gasteiger partial charge >= 0.3 is 0 Å². The third-order valence-corrected chi connectivity index (χ3v) is 11.2. The van der Waals surface area contributed by atoms with E-state index in [-0.39, 0.29) is 11.2 Å². The molecule has 0 saturated heterocycles. The lowest BCUT2D eigenvalue weighted by molar-refractivity contribution is -0.119. The Labute approximate surface area is 191 Å². The summed E-state index contributed by atoms with van der Waals surface area (Å²) in [5, 5.41) is 11.1. The van der Waals surface area contributed by atoms with Gasteiger partial charge in [-0.3, -0.25) is 4.79 Å². The molecule has 0 aromatic heterocycles. The molecule has 2 nitrogen and oxygen atoms in total. The lowest BCUT2D eigenvalue weighted by Crippen LogP contribution is -2.54. The van der Waals surface area contributed by atoms with Crippen molar-refractivity contribution in [3.8, 4) is 0 Å².